The standard InChI is InChI=1S/C11H17NO3/c1-7(2)10(12-3)8-5-6-9(15-8)11(13)14-4/h5-7,10,12H,1-4H3. The first-order chi connectivity index (χ1) is 7.10. The van der Waals surface area contributed by atoms with Crippen LogP contribution in [0.1, 0.15) is 36.2 Å². The molecule has 0 spiro atoms. The molecule has 0 saturated carbocycles. The van der Waals surface area contributed by atoms with Crippen molar-refractivity contribution >= 4 is 5.97 Å². The first-order valence-electron chi connectivity index (χ1n) is 4.95. The lowest BCUT2D eigenvalue weighted by molar-refractivity contribution is 0.0561. The van der Waals surface area contributed by atoms with E-state index in [9.17, 15) is 4.79 Å². The summed E-state index contributed by atoms with van der Waals surface area (Å²) in [7, 11) is 3.20. The van der Waals surface area contributed by atoms with Gasteiger partial charge >= 0.3 is 5.97 Å². The van der Waals surface area contributed by atoms with Gasteiger partial charge in [-0.2, -0.15) is 0 Å². The van der Waals surface area contributed by atoms with Crippen molar-refractivity contribution in [3.63, 3.8) is 0 Å². The summed E-state index contributed by atoms with van der Waals surface area (Å²) in [5, 5.41) is 3.14. The molecule has 4 nitrogen and oxygen atoms in total. The van der Waals surface area contributed by atoms with Crippen molar-refractivity contribution in [2.75, 3.05) is 14.2 Å². The van der Waals surface area contributed by atoms with E-state index in [0.29, 0.717) is 5.92 Å². The Kier molecular flexibility index (Phi) is 3.91. The van der Waals surface area contributed by atoms with Gasteiger partial charge in [-0.15, -0.1) is 0 Å². The number of methoxy groups -OCH3 is 1. The fraction of sp³-hybridized carbons (Fsp3) is 0.545. The second-order valence-corrected chi connectivity index (χ2v) is 3.70. The topological polar surface area (TPSA) is 51.5 Å². The molecule has 0 aliphatic carbocycles. The third-order valence-corrected chi connectivity index (χ3v) is 2.30. The minimum atomic E-state index is -0.445. The molecule has 0 bridgehead atoms. The van der Waals surface area contributed by atoms with Crippen LogP contribution in [-0.4, -0.2) is 20.1 Å². The largest absolute Gasteiger partial charge is 0.463 e. The average Bonchev–Trinajstić information content (AvgIpc) is 2.66. The van der Waals surface area contributed by atoms with Gasteiger partial charge in [-0.3, -0.25) is 0 Å². The maximum absolute atomic E-state index is 11.2. The summed E-state index contributed by atoms with van der Waals surface area (Å²) in [6.07, 6.45) is 0. The Morgan fingerprint density at radius 2 is 2.13 bits per heavy atom. The van der Waals surface area contributed by atoms with Crippen molar-refractivity contribution in [2.24, 2.45) is 5.92 Å². The highest BCUT2D eigenvalue weighted by molar-refractivity contribution is 5.86. The minimum absolute atomic E-state index is 0.114. The number of rotatable bonds is 4. The zero-order valence-corrected chi connectivity index (χ0v) is 9.53. The van der Waals surface area contributed by atoms with Gasteiger partial charge in [-0.05, 0) is 25.1 Å². The van der Waals surface area contributed by atoms with Crippen molar-refractivity contribution < 1.29 is 13.9 Å². The zero-order valence-electron chi connectivity index (χ0n) is 9.53. The second-order valence-electron chi connectivity index (χ2n) is 3.70. The number of carbonyl (C=O) groups excluding carboxylic acids is 1. The molecular weight excluding hydrogens is 194 g/mol. The van der Waals surface area contributed by atoms with E-state index in [1.54, 1.807) is 12.1 Å². The summed E-state index contributed by atoms with van der Waals surface area (Å²) in [6, 6.07) is 3.55. The lowest BCUT2D eigenvalue weighted by Crippen LogP contribution is -2.21. The summed E-state index contributed by atoms with van der Waals surface area (Å²) < 4.78 is 9.98. The molecule has 0 fully saturated rings. The van der Waals surface area contributed by atoms with E-state index in [0.717, 1.165) is 5.76 Å². The van der Waals surface area contributed by atoms with Crippen molar-refractivity contribution in [2.45, 2.75) is 19.9 Å². The highest BCUT2D eigenvalue weighted by atomic mass is 16.5. The molecule has 4 heteroatoms. The van der Waals surface area contributed by atoms with Crippen LogP contribution in [0.25, 0.3) is 0 Å². The predicted molar refractivity (Wildman–Crippen MR) is 56.7 cm³/mol. The molecule has 1 aromatic rings. The number of esters is 1. The number of furan rings is 1. The van der Waals surface area contributed by atoms with E-state index in [1.807, 2.05) is 7.05 Å². The SMILES string of the molecule is CNC(c1ccc(C(=O)OC)o1)C(C)C. The molecule has 0 aliphatic heterocycles. The highest BCUT2D eigenvalue weighted by Gasteiger charge is 2.19. The van der Waals surface area contributed by atoms with Crippen molar-refractivity contribution in [1.29, 1.82) is 0 Å². The molecule has 84 valence electrons. The van der Waals surface area contributed by atoms with Gasteiger partial charge in [0.05, 0.1) is 13.2 Å². The fourth-order valence-electron chi connectivity index (χ4n) is 1.53. The van der Waals surface area contributed by atoms with Gasteiger partial charge in [0.15, 0.2) is 0 Å². The summed E-state index contributed by atoms with van der Waals surface area (Å²) in [6.45, 7) is 4.17. The van der Waals surface area contributed by atoms with Crippen LogP contribution in [0.4, 0.5) is 0 Å². The van der Waals surface area contributed by atoms with E-state index in [-0.39, 0.29) is 11.8 Å². The van der Waals surface area contributed by atoms with Crippen LogP contribution in [0.2, 0.25) is 0 Å². The smallest absolute Gasteiger partial charge is 0.373 e. The van der Waals surface area contributed by atoms with Crippen molar-refractivity contribution in [3.05, 3.63) is 23.7 Å². The van der Waals surface area contributed by atoms with Crippen LogP contribution in [0, 0.1) is 5.92 Å². The van der Waals surface area contributed by atoms with Crippen LogP contribution in [0.3, 0.4) is 0 Å². The molecule has 1 heterocycles. The van der Waals surface area contributed by atoms with E-state index < -0.39 is 5.97 Å². The first-order valence-corrected chi connectivity index (χ1v) is 4.95. The van der Waals surface area contributed by atoms with Gasteiger partial charge in [0.1, 0.15) is 5.76 Å². The van der Waals surface area contributed by atoms with Gasteiger partial charge in [-0.1, -0.05) is 13.8 Å². The molecule has 0 aromatic carbocycles. The Balaban J connectivity index is 2.87. The summed E-state index contributed by atoms with van der Waals surface area (Å²) >= 11 is 0. The molecule has 1 aromatic heterocycles. The molecule has 1 N–H and O–H groups in total. The fourth-order valence-corrected chi connectivity index (χ4v) is 1.53. The molecule has 15 heavy (non-hydrogen) atoms. The monoisotopic (exact) mass is 211 g/mol. The third kappa shape index (κ3) is 2.59. The van der Waals surface area contributed by atoms with E-state index >= 15 is 0 Å². The second kappa shape index (κ2) is 4.98. The number of hydrogen-bond donors (Lipinski definition) is 1. The van der Waals surface area contributed by atoms with Gasteiger partial charge in [0, 0.05) is 0 Å². The number of carbonyl (C=O) groups is 1. The summed E-state index contributed by atoms with van der Waals surface area (Å²) in [5.74, 6) is 0.952. The number of hydrogen-bond acceptors (Lipinski definition) is 4. The highest BCUT2D eigenvalue weighted by Crippen LogP contribution is 2.23. The maximum atomic E-state index is 11.2. The maximum Gasteiger partial charge on any atom is 0.373 e. The normalized spacial score (nSPS) is 12.9. The Hall–Kier alpha value is -1.29. The first kappa shape index (κ1) is 11.8. The molecule has 0 radical (unpaired) electrons. The zero-order chi connectivity index (χ0) is 11.4. The molecular formula is C11H17NO3. The Morgan fingerprint density at radius 1 is 1.47 bits per heavy atom. The number of nitrogens with one attached hydrogen (secondary N) is 1. The van der Waals surface area contributed by atoms with E-state index in [1.165, 1.54) is 7.11 Å². The average molecular weight is 211 g/mol. The third-order valence-electron chi connectivity index (χ3n) is 2.30. The van der Waals surface area contributed by atoms with Crippen molar-refractivity contribution in [3.8, 4) is 0 Å². The lowest BCUT2D eigenvalue weighted by atomic mass is 10.0. The van der Waals surface area contributed by atoms with E-state index in [2.05, 4.69) is 23.9 Å². The van der Waals surface area contributed by atoms with Crippen molar-refractivity contribution in [1.82, 2.24) is 5.32 Å². The van der Waals surface area contributed by atoms with E-state index in [4.69, 9.17) is 4.42 Å². The Bertz CT molecular complexity index is 330. The summed E-state index contributed by atoms with van der Waals surface area (Å²) in [5.41, 5.74) is 0. The molecule has 1 unspecified atom stereocenters. The molecule has 0 saturated heterocycles. The van der Waals surface area contributed by atoms with Crippen LogP contribution < -0.4 is 5.32 Å². The quantitative estimate of drug-likeness (QED) is 0.774. The molecule has 1 atom stereocenters. The van der Waals surface area contributed by atoms with Gasteiger partial charge in [0.25, 0.3) is 0 Å². The molecule has 0 amide bonds. The molecule has 1 rings (SSSR count). The van der Waals surface area contributed by atoms with Gasteiger partial charge in [0.2, 0.25) is 5.76 Å². The number of ether oxygens (including phenoxy) is 1. The summed E-state index contributed by atoms with van der Waals surface area (Å²) in [4.78, 5) is 11.2. The van der Waals surface area contributed by atoms with Gasteiger partial charge in [-0.25, -0.2) is 4.79 Å². The Morgan fingerprint density at radius 3 is 2.60 bits per heavy atom. The van der Waals surface area contributed by atoms with Crippen LogP contribution in [-0.2, 0) is 4.74 Å². The van der Waals surface area contributed by atoms with Crippen LogP contribution in [0.15, 0.2) is 16.5 Å². The van der Waals surface area contributed by atoms with Crippen LogP contribution in [0.5, 0.6) is 0 Å². The Labute approximate surface area is 89.6 Å². The predicted octanol–water partition coefficient (Wildman–Crippen LogP) is 1.98. The van der Waals surface area contributed by atoms with Crippen LogP contribution >= 0.6 is 0 Å². The van der Waals surface area contributed by atoms with Gasteiger partial charge < -0.3 is 14.5 Å². The molecule has 0 aliphatic rings. The minimum Gasteiger partial charge on any atom is -0.463 e. The lowest BCUT2D eigenvalue weighted by Gasteiger charge is -2.17.